The van der Waals surface area contributed by atoms with Crippen LogP contribution < -0.4 is 4.65 Å². The summed E-state index contributed by atoms with van der Waals surface area (Å²) in [7, 11) is -0.678. The van der Waals surface area contributed by atoms with Crippen LogP contribution in [0.4, 0.5) is 13.2 Å². The second-order valence-corrected chi connectivity index (χ2v) is 2.18. The van der Waals surface area contributed by atoms with E-state index in [9.17, 15) is 13.2 Å². The maximum Gasteiger partial charge on any atom is 0.504 e. The molecule has 1 aromatic heterocycles. The first-order chi connectivity index (χ1) is 6.04. The molecule has 0 spiro atoms. The monoisotopic (exact) mass is 191 g/mol. The van der Waals surface area contributed by atoms with Gasteiger partial charge in [0.05, 0.1) is 11.8 Å². The van der Waals surface area contributed by atoms with Gasteiger partial charge in [0.25, 0.3) is 0 Å². The van der Waals surface area contributed by atoms with Crippen LogP contribution in [0.5, 0.6) is 5.75 Å². The summed E-state index contributed by atoms with van der Waals surface area (Å²) in [6.45, 7) is 0. The molecule has 3 nitrogen and oxygen atoms in total. The lowest BCUT2D eigenvalue weighted by atomic mass is 10.2. The van der Waals surface area contributed by atoms with Gasteiger partial charge in [0.15, 0.2) is 0 Å². The Morgan fingerprint density at radius 3 is 2.62 bits per heavy atom. The lowest BCUT2D eigenvalue weighted by Crippen LogP contribution is -2.07. The number of halogens is 3. The van der Waals surface area contributed by atoms with Crippen molar-refractivity contribution < 1.29 is 22.8 Å². The van der Waals surface area contributed by atoms with E-state index in [1.54, 1.807) is 0 Å². The van der Waals surface area contributed by atoms with Crippen molar-refractivity contribution >= 4 is 7.69 Å². The number of rotatable bonds is 2. The molecule has 0 saturated heterocycles. The first-order valence-electron chi connectivity index (χ1n) is 3.30. The highest BCUT2D eigenvalue weighted by atomic mass is 19.4. The Hall–Kier alpha value is -1.24. The quantitative estimate of drug-likeness (QED) is 0.700. The molecule has 0 amide bonds. The number of pyridine rings is 1. The highest BCUT2D eigenvalue weighted by Crippen LogP contribution is 2.30. The van der Waals surface area contributed by atoms with E-state index in [1.165, 1.54) is 0 Å². The van der Waals surface area contributed by atoms with E-state index in [4.69, 9.17) is 5.02 Å². The fourth-order valence-electron chi connectivity index (χ4n) is 0.727. The fraction of sp³-hybridized carbons (Fsp3) is 0.167. The van der Waals surface area contributed by atoms with Crippen molar-refractivity contribution in [2.45, 2.75) is 6.18 Å². The minimum atomic E-state index is -4.44. The molecule has 0 aliphatic rings. The Morgan fingerprint density at radius 2 is 2.08 bits per heavy atom. The van der Waals surface area contributed by atoms with Crippen molar-refractivity contribution in [3.8, 4) is 5.75 Å². The second-order valence-electron chi connectivity index (χ2n) is 2.18. The van der Waals surface area contributed by atoms with Crippen LogP contribution in [-0.4, -0.2) is 17.7 Å². The Bertz CT molecular complexity index is 291. The number of nitrogens with zero attached hydrogens (tertiary/aromatic N) is 1. The third-order valence-corrected chi connectivity index (χ3v) is 1.27. The number of alkyl halides is 3. The van der Waals surface area contributed by atoms with E-state index in [1.807, 2.05) is 0 Å². The van der Waals surface area contributed by atoms with Gasteiger partial charge >= 0.3 is 13.9 Å². The Labute approximate surface area is 72.5 Å². The van der Waals surface area contributed by atoms with Crippen LogP contribution in [0.25, 0.3) is 0 Å². The Morgan fingerprint density at radius 1 is 1.38 bits per heavy atom. The summed E-state index contributed by atoms with van der Waals surface area (Å²) >= 11 is 0. The molecule has 13 heavy (non-hydrogen) atoms. The van der Waals surface area contributed by atoms with E-state index in [-0.39, 0.29) is 5.75 Å². The lowest BCUT2D eigenvalue weighted by molar-refractivity contribution is -0.137. The van der Waals surface area contributed by atoms with Gasteiger partial charge in [-0.3, -0.25) is 4.98 Å². The number of aromatic nitrogens is 1. The molecule has 0 aliphatic carbocycles. The molecule has 1 heterocycles. The van der Waals surface area contributed by atoms with Gasteiger partial charge in [-0.05, 0) is 6.07 Å². The molecule has 0 bridgehead atoms. The van der Waals surface area contributed by atoms with Gasteiger partial charge in [0.1, 0.15) is 5.75 Å². The highest BCUT2D eigenvalue weighted by molar-refractivity contribution is 6.17. The minimum absolute atomic E-state index is 0.114. The first kappa shape index (κ1) is 9.85. The van der Waals surface area contributed by atoms with Crippen molar-refractivity contribution in [2.75, 3.05) is 0 Å². The van der Waals surface area contributed by atoms with E-state index < -0.39 is 19.4 Å². The average molecular weight is 191 g/mol. The maximum atomic E-state index is 12.1. The van der Waals surface area contributed by atoms with Crippen LogP contribution in [-0.2, 0) is 6.18 Å². The largest absolute Gasteiger partial charge is 0.538 e. The van der Waals surface area contributed by atoms with E-state index >= 15 is 0 Å². The van der Waals surface area contributed by atoms with Gasteiger partial charge in [0.2, 0.25) is 0 Å². The molecule has 1 aromatic rings. The molecule has 0 aromatic carbocycles. The molecular weight excluding hydrogens is 186 g/mol. The highest BCUT2D eigenvalue weighted by Gasteiger charge is 2.31. The normalized spacial score (nSPS) is 11.1. The predicted molar refractivity (Wildman–Crippen MR) is 39.2 cm³/mol. The fourth-order valence-corrected chi connectivity index (χ4v) is 0.727. The van der Waals surface area contributed by atoms with Crippen LogP contribution in [0.3, 0.4) is 0 Å². The van der Waals surface area contributed by atoms with Gasteiger partial charge in [-0.25, -0.2) is 0 Å². The third kappa shape index (κ3) is 2.62. The van der Waals surface area contributed by atoms with Gasteiger partial charge < -0.3 is 9.68 Å². The molecule has 0 saturated carbocycles. The van der Waals surface area contributed by atoms with E-state index in [0.29, 0.717) is 6.20 Å². The van der Waals surface area contributed by atoms with Crippen LogP contribution >= 0.6 is 0 Å². The molecule has 1 N–H and O–H groups in total. The molecule has 0 aliphatic heterocycles. The van der Waals surface area contributed by atoms with Gasteiger partial charge in [-0.1, -0.05) is 0 Å². The molecular formula is C6H5BF3NO2. The van der Waals surface area contributed by atoms with Crippen molar-refractivity contribution in [3.63, 3.8) is 0 Å². The summed E-state index contributed by atoms with van der Waals surface area (Å²) in [6.07, 6.45) is -2.67. The van der Waals surface area contributed by atoms with E-state index in [0.717, 1.165) is 12.3 Å². The van der Waals surface area contributed by atoms with Crippen LogP contribution in [0.2, 0.25) is 0 Å². The third-order valence-electron chi connectivity index (χ3n) is 1.27. The summed E-state index contributed by atoms with van der Waals surface area (Å²) in [4.78, 5) is 3.31. The first-order valence-corrected chi connectivity index (χ1v) is 3.30. The zero-order chi connectivity index (χ0) is 9.90. The molecule has 0 fully saturated rings. The molecule has 0 unspecified atom stereocenters. The second kappa shape index (κ2) is 3.65. The minimum Gasteiger partial charge on any atom is -0.538 e. The lowest BCUT2D eigenvalue weighted by Gasteiger charge is -2.07. The van der Waals surface area contributed by atoms with Crippen molar-refractivity contribution in [3.05, 3.63) is 24.0 Å². The Kier molecular flexibility index (Phi) is 2.77. The van der Waals surface area contributed by atoms with Gasteiger partial charge in [0, 0.05) is 6.20 Å². The van der Waals surface area contributed by atoms with Crippen molar-refractivity contribution in [2.24, 2.45) is 0 Å². The average Bonchev–Trinajstić information content (AvgIpc) is 2.04. The zero-order valence-electron chi connectivity index (χ0n) is 6.38. The maximum absolute atomic E-state index is 12.1. The van der Waals surface area contributed by atoms with Crippen LogP contribution in [0.1, 0.15) is 5.56 Å². The summed E-state index contributed by atoms with van der Waals surface area (Å²) in [5.74, 6) is -0.114. The van der Waals surface area contributed by atoms with Crippen molar-refractivity contribution in [1.29, 1.82) is 0 Å². The summed E-state index contributed by atoms with van der Waals surface area (Å²) < 4.78 is 40.6. The van der Waals surface area contributed by atoms with Crippen molar-refractivity contribution in [1.82, 2.24) is 4.98 Å². The van der Waals surface area contributed by atoms with Crippen LogP contribution in [0, 0.1) is 0 Å². The summed E-state index contributed by atoms with van der Waals surface area (Å²) in [5, 5.41) is 8.28. The van der Waals surface area contributed by atoms with Gasteiger partial charge in [-0.2, -0.15) is 13.2 Å². The summed E-state index contributed by atoms with van der Waals surface area (Å²) in [5.41, 5.74) is -0.904. The predicted octanol–water partition coefficient (Wildman–Crippen LogP) is 0.738. The summed E-state index contributed by atoms with van der Waals surface area (Å²) in [6, 6.07) is 0.767. The topological polar surface area (TPSA) is 42.4 Å². The molecule has 70 valence electrons. The molecule has 7 heteroatoms. The number of hydrogen-bond donors (Lipinski definition) is 1. The SMILES string of the molecule is OBOc1cncc(C(F)(F)F)c1. The Balaban J connectivity index is 2.92. The number of hydrogen-bond acceptors (Lipinski definition) is 3. The zero-order valence-corrected chi connectivity index (χ0v) is 6.38. The molecule has 1 rings (SSSR count). The van der Waals surface area contributed by atoms with Crippen LogP contribution in [0.15, 0.2) is 18.5 Å². The van der Waals surface area contributed by atoms with E-state index in [2.05, 4.69) is 9.64 Å². The smallest absolute Gasteiger partial charge is 0.504 e. The molecule has 0 atom stereocenters. The standard InChI is InChI=1S/C6H5BF3NO2/c8-6(9,10)4-1-5(13-7-12)3-11-2-4/h1-3,7,12H. The van der Waals surface area contributed by atoms with Gasteiger partial charge in [-0.15, -0.1) is 0 Å². The molecule has 0 radical (unpaired) electrons.